The standard InChI is InChI=1S/C20H27N3O4S.C17H21ClN2O4S/c1-19(2,3)17-12-14(22-27-17)11-16(24)20(4,5)28(25,26)15-7-8-18(21-13-15)23-9-6-10-23;1-16(2,3)14-9-11(20-24-14)8-13(21)17(4,5)25(22,23)12-6-7-15(18)19-10-12/h7-8,12-13H,6,9-11H2,1-5H3;6-7,9-10H,8H2,1-5H3. The van der Waals surface area contributed by atoms with Crippen LogP contribution in [0.4, 0.5) is 5.82 Å². The number of Topliss-reactive ketones (excluding diaryl/α,β-unsaturated/α-hetero) is 2. The molecule has 1 fully saturated rings. The normalized spacial score (nSPS) is 14.3. The average molecular weight is 790 g/mol. The Morgan fingerprint density at radius 1 is 0.679 bits per heavy atom. The van der Waals surface area contributed by atoms with Crippen molar-refractivity contribution in [3.63, 3.8) is 0 Å². The Morgan fingerprint density at radius 3 is 1.40 bits per heavy atom. The fourth-order valence-electron chi connectivity index (χ4n) is 4.93. The summed E-state index contributed by atoms with van der Waals surface area (Å²) in [5, 5.41) is 7.99. The second kappa shape index (κ2) is 15.1. The molecule has 1 saturated heterocycles. The summed E-state index contributed by atoms with van der Waals surface area (Å²) in [7, 11) is -7.82. The molecular weight excluding hydrogens is 742 g/mol. The molecule has 4 aromatic heterocycles. The predicted molar refractivity (Wildman–Crippen MR) is 201 cm³/mol. The van der Waals surface area contributed by atoms with Crippen LogP contribution in [0.15, 0.2) is 67.6 Å². The molecule has 0 aliphatic carbocycles. The second-order valence-electron chi connectivity index (χ2n) is 16.1. The first-order valence-electron chi connectivity index (χ1n) is 17.1. The minimum atomic E-state index is -3.93. The van der Waals surface area contributed by atoms with Crippen molar-refractivity contribution in [2.45, 2.75) is 119 Å². The molecule has 0 bridgehead atoms. The van der Waals surface area contributed by atoms with Crippen molar-refractivity contribution in [2.24, 2.45) is 0 Å². The maximum Gasteiger partial charge on any atom is 0.192 e. The SMILES string of the molecule is CC(C)(C)c1cc(CC(=O)C(C)(C)S(=O)(=O)c2ccc(Cl)nc2)no1.CC(C)(C)c1cc(CC(=O)C(C)(C)S(=O)(=O)c2ccc(N3CCC3)nc2)no1. The zero-order valence-corrected chi connectivity index (χ0v) is 34.2. The summed E-state index contributed by atoms with van der Waals surface area (Å²) in [6.45, 7) is 19.3. The summed E-state index contributed by atoms with van der Waals surface area (Å²) in [6, 6.07) is 9.34. The topological polar surface area (TPSA) is 183 Å². The Balaban J connectivity index is 0.000000238. The molecule has 1 aliphatic rings. The van der Waals surface area contributed by atoms with Gasteiger partial charge in [0.2, 0.25) is 0 Å². The first-order chi connectivity index (χ1) is 24.3. The zero-order valence-electron chi connectivity index (χ0n) is 31.9. The third-order valence-corrected chi connectivity index (χ3v) is 14.3. The predicted octanol–water partition coefficient (Wildman–Crippen LogP) is 6.33. The molecule has 0 aromatic carbocycles. The van der Waals surface area contributed by atoms with Crippen molar-refractivity contribution in [2.75, 3.05) is 18.0 Å². The van der Waals surface area contributed by atoms with Crippen LogP contribution < -0.4 is 4.90 Å². The van der Waals surface area contributed by atoms with Gasteiger partial charge in [0.1, 0.15) is 32.0 Å². The van der Waals surface area contributed by atoms with Crippen molar-refractivity contribution in [1.29, 1.82) is 0 Å². The molecule has 0 N–H and O–H groups in total. The third kappa shape index (κ3) is 9.06. The molecule has 288 valence electrons. The quantitative estimate of drug-likeness (QED) is 0.154. The van der Waals surface area contributed by atoms with E-state index >= 15 is 0 Å². The van der Waals surface area contributed by atoms with E-state index < -0.39 is 40.7 Å². The molecule has 5 rings (SSSR count). The van der Waals surface area contributed by atoms with E-state index in [-0.39, 0.29) is 38.6 Å². The molecule has 53 heavy (non-hydrogen) atoms. The van der Waals surface area contributed by atoms with Crippen molar-refractivity contribution in [3.05, 3.63) is 76.9 Å². The van der Waals surface area contributed by atoms with Gasteiger partial charge in [-0.1, -0.05) is 63.5 Å². The van der Waals surface area contributed by atoms with E-state index in [1.165, 1.54) is 52.1 Å². The molecule has 0 radical (unpaired) electrons. The lowest BCUT2D eigenvalue weighted by Crippen LogP contribution is -2.42. The maximum atomic E-state index is 13.1. The van der Waals surface area contributed by atoms with Crippen LogP contribution in [0.3, 0.4) is 0 Å². The van der Waals surface area contributed by atoms with Crippen LogP contribution in [0.1, 0.15) is 98.6 Å². The lowest BCUT2D eigenvalue weighted by molar-refractivity contribution is -0.121. The summed E-state index contributed by atoms with van der Waals surface area (Å²) < 4.78 is 59.1. The summed E-state index contributed by atoms with van der Waals surface area (Å²) in [5.74, 6) is 1.13. The first-order valence-corrected chi connectivity index (χ1v) is 20.4. The fourth-order valence-corrected chi connectivity index (χ4v) is 7.84. The average Bonchev–Trinajstić information content (AvgIpc) is 3.71. The molecule has 0 spiro atoms. The van der Waals surface area contributed by atoms with Gasteiger partial charge < -0.3 is 13.9 Å². The van der Waals surface area contributed by atoms with Gasteiger partial charge in [0, 0.05) is 48.4 Å². The van der Waals surface area contributed by atoms with E-state index in [0.717, 1.165) is 31.5 Å². The minimum Gasteiger partial charge on any atom is -0.361 e. The Morgan fingerprint density at radius 2 is 1.09 bits per heavy atom. The lowest BCUT2D eigenvalue weighted by atomic mass is 9.92. The van der Waals surface area contributed by atoms with Gasteiger partial charge in [0.05, 0.1) is 34.0 Å². The molecule has 16 heteroatoms. The summed E-state index contributed by atoms with van der Waals surface area (Å²) in [5.41, 5.74) is 0.363. The molecule has 4 aromatic rings. The number of halogens is 1. The molecule has 0 atom stereocenters. The highest BCUT2D eigenvalue weighted by Gasteiger charge is 2.44. The van der Waals surface area contributed by atoms with Crippen molar-refractivity contribution >= 4 is 48.7 Å². The Hall–Kier alpha value is -3.95. The van der Waals surface area contributed by atoms with Crippen molar-refractivity contribution in [1.82, 2.24) is 20.3 Å². The van der Waals surface area contributed by atoms with Gasteiger partial charge in [-0.15, -0.1) is 0 Å². The number of hydrogen-bond donors (Lipinski definition) is 0. The highest BCUT2D eigenvalue weighted by Crippen LogP contribution is 2.31. The van der Waals surface area contributed by atoms with Gasteiger partial charge in [0.25, 0.3) is 0 Å². The number of sulfone groups is 2. The van der Waals surface area contributed by atoms with E-state index in [2.05, 4.69) is 25.2 Å². The summed E-state index contributed by atoms with van der Waals surface area (Å²) in [4.78, 5) is 35.6. The highest BCUT2D eigenvalue weighted by atomic mass is 35.5. The van der Waals surface area contributed by atoms with E-state index in [9.17, 15) is 26.4 Å². The second-order valence-corrected chi connectivity index (χ2v) is 21.5. The summed E-state index contributed by atoms with van der Waals surface area (Å²) >= 11 is 5.69. The number of pyridine rings is 2. The highest BCUT2D eigenvalue weighted by molar-refractivity contribution is 7.94. The Labute approximate surface area is 316 Å². The molecule has 0 saturated carbocycles. The van der Waals surface area contributed by atoms with Crippen LogP contribution in [0, 0.1) is 0 Å². The zero-order chi connectivity index (χ0) is 39.8. The molecular formula is C37H48ClN5O8S2. The smallest absolute Gasteiger partial charge is 0.192 e. The van der Waals surface area contributed by atoms with E-state index in [1.54, 1.807) is 18.2 Å². The van der Waals surface area contributed by atoms with Gasteiger partial charge in [-0.3, -0.25) is 9.59 Å². The van der Waals surface area contributed by atoms with Crippen LogP contribution in [-0.2, 0) is 52.9 Å². The Kier molecular flexibility index (Phi) is 11.9. The van der Waals surface area contributed by atoms with Crippen molar-refractivity contribution < 1.29 is 35.5 Å². The van der Waals surface area contributed by atoms with Crippen LogP contribution in [0.5, 0.6) is 0 Å². The van der Waals surface area contributed by atoms with E-state index in [1.807, 2.05) is 41.5 Å². The van der Waals surface area contributed by atoms with Crippen LogP contribution in [-0.4, -0.2) is 71.3 Å². The van der Waals surface area contributed by atoms with Crippen LogP contribution >= 0.6 is 11.6 Å². The number of hydrogen-bond acceptors (Lipinski definition) is 13. The molecule has 13 nitrogen and oxygen atoms in total. The number of ketones is 2. The molecule has 1 aliphatic heterocycles. The number of carbonyl (C=O) groups excluding carboxylic acids is 2. The largest absolute Gasteiger partial charge is 0.361 e. The van der Waals surface area contributed by atoms with Crippen LogP contribution in [0.25, 0.3) is 0 Å². The van der Waals surface area contributed by atoms with Gasteiger partial charge in [-0.05, 0) is 58.4 Å². The monoisotopic (exact) mass is 789 g/mol. The van der Waals surface area contributed by atoms with Crippen molar-refractivity contribution in [3.8, 4) is 0 Å². The minimum absolute atomic E-state index is 0.0469. The van der Waals surface area contributed by atoms with E-state index in [0.29, 0.717) is 22.9 Å². The molecule has 0 unspecified atom stereocenters. The molecule has 5 heterocycles. The van der Waals surface area contributed by atoms with Gasteiger partial charge in [-0.25, -0.2) is 26.8 Å². The number of carbonyl (C=O) groups is 2. The maximum absolute atomic E-state index is 13.1. The van der Waals surface area contributed by atoms with E-state index in [4.69, 9.17) is 20.6 Å². The van der Waals surface area contributed by atoms with Gasteiger partial charge in [-0.2, -0.15) is 0 Å². The lowest BCUT2D eigenvalue weighted by Gasteiger charge is -2.32. The van der Waals surface area contributed by atoms with Gasteiger partial charge >= 0.3 is 0 Å². The third-order valence-electron chi connectivity index (χ3n) is 9.19. The number of aromatic nitrogens is 4. The summed E-state index contributed by atoms with van der Waals surface area (Å²) in [6.07, 6.45) is 3.37. The first kappa shape index (κ1) is 41.8. The fraction of sp³-hybridized carbons (Fsp3) is 0.514. The molecule has 0 amide bonds. The number of nitrogens with zero attached hydrogens (tertiary/aromatic N) is 5. The van der Waals surface area contributed by atoms with Gasteiger partial charge in [0.15, 0.2) is 31.2 Å². The number of rotatable bonds is 11. The number of anilines is 1. The Bertz CT molecular complexity index is 2160. The van der Waals surface area contributed by atoms with Crippen LogP contribution in [0.2, 0.25) is 5.15 Å².